The van der Waals surface area contributed by atoms with Crippen molar-refractivity contribution in [1.82, 2.24) is 0 Å². The first-order valence-corrected chi connectivity index (χ1v) is 11.2. The number of amides is 1. The summed E-state index contributed by atoms with van der Waals surface area (Å²) in [6.45, 7) is 1.90. The van der Waals surface area contributed by atoms with Crippen molar-refractivity contribution in [2.75, 3.05) is 16.9 Å². The number of rotatable bonds is 6. The molecule has 0 radical (unpaired) electrons. The zero-order valence-electron chi connectivity index (χ0n) is 15.1. The zero-order chi connectivity index (χ0) is 19.4. The number of hydrogen-bond donors (Lipinski definition) is 2. The van der Waals surface area contributed by atoms with E-state index in [9.17, 15) is 13.2 Å². The van der Waals surface area contributed by atoms with Crippen LogP contribution in [0.25, 0.3) is 0 Å². The number of amidine groups is 1. The molecule has 1 aliphatic rings. The Morgan fingerprint density at radius 2 is 2.00 bits per heavy atom. The van der Waals surface area contributed by atoms with E-state index in [4.69, 9.17) is 0 Å². The van der Waals surface area contributed by atoms with Gasteiger partial charge in [0.25, 0.3) is 10.0 Å². The molecular formula is C19H21N3O3S2. The van der Waals surface area contributed by atoms with Gasteiger partial charge in [-0.2, -0.15) is 8.42 Å². The van der Waals surface area contributed by atoms with Crippen LogP contribution in [-0.4, -0.2) is 26.4 Å². The number of nitrogens with one attached hydrogen (secondary N) is 2. The van der Waals surface area contributed by atoms with E-state index >= 15 is 0 Å². The van der Waals surface area contributed by atoms with Crippen LogP contribution >= 0.6 is 11.8 Å². The number of benzene rings is 2. The molecule has 1 heterocycles. The van der Waals surface area contributed by atoms with E-state index < -0.39 is 10.0 Å². The molecule has 2 N–H and O–H groups in total. The van der Waals surface area contributed by atoms with E-state index in [-0.39, 0.29) is 23.1 Å². The van der Waals surface area contributed by atoms with Crippen molar-refractivity contribution in [3.8, 4) is 0 Å². The number of para-hydroxylation sites is 1. The van der Waals surface area contributed by atoms with Gasteiger partial charge >= 0.3 is 0 Å². The number of carbonyl (C=O) groups excluding carboxylic acids is 1. The van der Waals surface area contributed by atoms with Gasteiger partial charge in [-0.15, -0.1) is 16.2 Å². The minimum atomic E-state index is -3.70. The fourth-order valence-corrected chi connectivity index (χ4v) is 4.50. The van der Waals surface area contributed by atoms with E-state index in [1.165, 1.54) is 6.07 Å². The number of sulfonamides is 1. The van der Waals surface area contributed by atoms with Crippen molar-refractivity contribution < 1.29 is 13.2 Å². The first kappa shape index (κ1) is 19.4. The lowest BCUT2D eigenvalue weighted by atomic mass is 10.0. The number of carbonyl (C=O) groups is 1. The molecule has 0 saturated carbocycles. The van der Waals surface area contributed by atoms with Crippen LogP contribution in [0.1, 0.15) is 19.8 Å². The Bertz CT molecular complexity index is 987. The van der Waals surface area contributed by atoms with Gasteiger partial charge in [-0.25, -0.2) is 0 Å². The highest BCUT2D eigenvalue weighted by molar-refractivity contribution is 7.98. The second kappa shape index (κ2) is 8.14. The predicted octanol–water partition coefficient (Wildman–Crippen LogP) is 3.98. The van der Waals surface area contributed by atoms with Crippen molar-refractivity contribution in [2.24, 2.45) is 10.3 Å². The van der Waals surface area contributed by atoms with Crippen molar-refractivity contribution in [2.45, 2.75) is 29.6 Å². The van der Waals surface area contributed by atoms with Crippen LogP contribution < -0.4 is 10.6 Å². The van der Waals surface area contributed by atoms with E-state index in [0.717, 1.165) is 10.6 Å². The van der Waals surface area contributed by atoms with Crippen LogP contribution in [0.5, 0.6) is 0 Å². The monoisotopic (exact) mass is 403 g/mol. The molecule has 0 aliphatic carbocycles. The zero-order valence-corrected chi connectivity index (χ0v) is 16.7. The smallest absolute Gasteiger partial charge is 0.286 e. The number of hydrogen-bond acceptors (Lipinski definition) is 5. The van der Waals surface area contributed by atoms with E-state index in [1.807, 2.05) is 37.4 Å². The molecule has 0 bridgehead atoms. The topological polar surface area (TPSA) is 87.6 Å². The van der Waals surface area contributed by atoms with Gasteiger partial charge < -0.3 is 10.6 Å². The molecule has 142 valence electrons. The van der Waals surface area contributed by atoms with Crippen molar-refractivity contribution in [3.63, 3.8) is 0 Å². The molecule has 1 amide bonds. The maximum atomic E-state index is 12.3. The number of fused-ring (bicyclic) bond motifs is 1. The SMILES string of the molecule is CSc1cccc(NC(=O)C[C@H](C)CC2=NS(=O)(=O)c3ccccc3N2)c1. The van der Waals surface area contributed by atoms with E-state index in [0.29, 0.717) is 17.9 Å². The van der Waals surface area contributed by atoms with Crippen LogP contribution in [0.2, 0.25) is 0 Å². The Labute approximate surface area is 163 Å². The summed E-state index contributed by atoms with van der Waals surface area (Å²) in [4.78, 5) is 13.5. The van der Waals surface area contributed by atoms with Gasteiger partial charge in [-0.3, -0.25) is 4.79 Å². The summed E-state index contributed by atoms with van der Waals surface area (Å²) < 4.78 is 28.4. The Morgan fingerprint density at radius 1 is 1.22 bits per heavy atom. The average Bonchev–Trinajstić information content (AvgIpc) is 2.61. The molecule has 3 rings (SSSR count). The van der Waals surface area contributed by atoms with Crippen molar-refractivity contribution >= 4 is 44.9 Å². The maximum Gasteiger partial charge on any atom is 0.286 e. The first-order chi connectivity index (χ1) is 12.9. The van der Waals surface area contributed by atoms with Crippen LogP contribution in [0, 0.1) is 5.92 Å². The first-order valence-electron chi connectivity index (χ1n) is 8.51. The molecule has 1 aliphatic heterocycles. The third-order valence-corrected chi connectivity index (χ3v) is 6.20. The molecule has 0 aromatic heterocycles. The van der Waals surface area contributed by atoms with E-state index in [2.05, 4.69) is 15.0 Å². The summed E-state index contributed by atoms with van der Waals surface area (Å²) in [5.74, 6) is 0.180. The van der Waals surface area contributed by atoms with Crippen molar-refractivity contribution in [1.29, 1.82) is 0 Å². The van der Waals surface area contributed by atoms with Gasteiger partial charge in [0.05, 0.1) is 5.69 Å². The Hall–Kier alpha value is -2.32. The highest BCUT2D eigenvalue weighted by Crippen LogP contribution is 2.28. The second-order valence-corrected chi connectivity index (χ2v) is 8.88. The second-order valence-electron chi connectivity index (χ2n) is 6.43. The summed E-state index contributed by atoms with van der Waals surface area (Å²) in [5, 5.41) is 5.94. The maximum absolute atomic E-state index is 12.3. The van der Waals surface area contributed by atoms with Crippen molar-refractivity contribution in [3.05, 3.63) is 48.5 Å². The van der Waals surface area contributed by atoms with Crippen LogP contribution in [-0.2, 0) is 14.8 Å². The van der Waals surface area contributed by atoms with Crippen LogP contribution in [0.3, 0.4) is 0 Å². The molecule has 0 unspecified atom stereocenters. The Morgan fingerprint density at radius 3 is 2.78 bits per heavy atom. The predicted molar refractivity (Wildman–Crippen MR) is 110 cm³/mol. The summed E-state index contributed by atoms with van der Waals surface area (Å²) in [5.41, 5.74) is 1.27. The standard InChI is InChI=1S/C19H21N3O3S2/c1-13(11-19(23)20-14-6-5-7-15(12-14)26-2)10-18-21-16-8-3-4-9-17(16)27(24,25)22-18/h3-9,12-13H,10-11H2,1-2H3,(H,20,23)(H,21,22)/t13-/m1/s1. The summed E-state index contributed by atoms with van der Waals surface area (Å²) in [6, 6.07) is 14.3. The molecule has 6 nitrogen and oxygen atoms in total. The Balaban J connectivity index is 1.61. The van der Waals surface area contributed by atoms with E-state index in [1.54, 1.807) is 30.0 Å². The molecular weight excluding hydrogens is 382 g/mol. The molecule has 0 saturated heterocycles. The molecule has 27 heavy (non-hydrogen) atoms. The van der Waals surface area contributed by atoms with Gasteiger partial charge in [0.15, 0.2) is 0 Å². The molecule has 2 aromatic rings. The minimum absolute atomic E-state index is 0.0690. The summed E-state index contributed by atoms with van der Waals surface area (Å²) >= 11 is 1.61. The third-order valence-electron chi connectivity index (χ3n) is 4.10. The van der Waals surface area contributed by atoms with Gasteiger partial charge in [-0.05, 0) is 42.5 Å². The van der Waals surface area contributed by atoms with Gasteiger partial charge in [0.1, 0.15) is 10.7 Å². The highest BCUT2D eigenvalue weighted by atomic mass is 32.2. The normalized spacial score (nSPS) is 15.9. The lowest BCUT2D eigenvalue weighted by Crippen LogP contribution is -2.25. The molecule has 0 fully saturated rings. The number of thioether (sulfide) groups is 1. The number of anilines is 2. The average molecular weight is 404 g/mol. The fourth-order valence-electron chi connectivity index (χ4n) is 2.89. The molecule has 1 atom stereocenters. The fraction of sp³-hybridized carbons (Fsp3) is 0.263. The van der Waals surface area contributed by atoms with Gasteiger partial charge in [0.2, 0.25) is 5.91 Å². The largest absolute Gasteiger partial charge is 0.342 e. The van der Waals surface area contributed by atoms with Gasteiger partial charge in [-0.1, -0.05) is 25.1 Å². The molecule has 0 spiro atoms. The summed E-state index contributed by atoms with van der Waals surface area (Å²) in [7, 11) is -3.70. The minimum Gasteiger partial charge on any atom is -0.342 e. The Kier molecular flexibility index (Phi) is 5.86. The lowest BCUT2D eigenvalue weighted by Gasteiger charge is -2.20. The third kappa shape index (κ3) is 4.90. The molecule has 2 aromatic carbocycles. The number of nitrogens with zero attached hydrogens (tertiary/aromatic N) is 1. The quantitative estimate of drug-likeness (QED) is 0.713. The van der Waals surface area contributed by atoms with Crippen LogP contribution in [0.15, 0.2) is 62.7 Å². The highest BCUT2D eigenvalue weighted by Gasteiger charge is 2.25. The van der Waals surface area contributed by atoms with Gasteiger partial charge in [0, 0.05) is 23.4 Å². The summed E-state index contributed by atoms with van der Waals surface area (Å²) in [6.07, 6.45) is 2.62. The lowest BCUT2D eigenvalue weighted by molar-refractivity contribution is -0.116. The van der Waals surface area contributed by atoms with Crippen LogP contribution in [0.4, 0.5) is 11.4 Å². The molecule has 8 heteroatoms.